The maximum Gasteiger partial charge on any atom is 0.127 e. The first-order chi connectivity index (χ1) is 9.25. The van der Waals surface area contributed by atoms with Crippen LogP contribution in [0, 0.1) is 5.82 Å². The SMILES string of the molecule is Fc1ccccc1CNCCOc1cccc(Br)c1. The molecule has 0 heterocycles. The van der Waals surface area contributed by atoms with E-state index in [0.29, 0.717) is 25.3 Å². The van der Waals surface area contributed by atoms with Gasteiger partial charge in [0.15, 0.2) is 0 Å². The summed E-state index contributed by atoms with van der Waals surface area (Å²) in [6, 6.07) is 14.5. The number of rotatable bonds is 6. The van der Waals surface area contributed by atoms with Gasteiger partial charge in [-0.05, 0) is 24.3 Å². The molecule has 0 saturated carbocycles. The van der Waals surface area contributed by atoms with Gasteiger partial charge in [-0.2, -0.15) is 0 Å². The topological polar surface area (TPSA) is 21.3 Å². The Kier molecular flexibility index (Phi) is 5.36. The molecule has 0 bridgehead atoms. The molecule has 0 saturated heterocycles. The quantitative estimate of drug-likeness (QED) is 0.817. The zero-order valence-corrected chi connectivity index (χ0v) is 12.0. The fourth-order valence-electron chi connectivity index (χ4n) is 1.66. The van der Waals surface area contributed by atoms with Gasteiger partial charge in [0.1, 0.15) is 18.2 Å². The Bertz CT molecular complexity index is 533. The standard InChI is InChI=1S/C15H15BrFNO/c16-13-5-3-6-14(10-13)19-9-8-18-11-12-4-1-2-7-15(12)17/h1-7,10,18H,8-9,11H2. The first-order valence-corrected chi connectivity index (χ1v) is 6.87. The van der Waals surface area contributed by atoms with Crippen LogP contribution in [0.3, 0.4) is 0 Å². The second-order valence-corrected chi connectivity index (χ2v) is 4.99. The number of halogens is 2. The molecule has 0 spiro atoms. The number of benzene rings is 2. The lowest BCUT2D eigenvalue weighted by Gasteiger charge is -2.08. The zero-order chi connectivity index (χ0) is 13.5. The van der Waals surface area contributed by atoms with E-state index < -0.39 is 0 Å². The van der Waals surface area contributed by atoms with Crippen LogP contribution in [0.5, 0.6) is 5.75 Å². The van der Waals surface area contributed by atoms with Crippen molar-refractivity contribution in [1.29, 1.82) is 0 Å². The molecule has 2 rings (SSSR count). The summed E-state index contributed by atoms with van der Waals surface area (Å²) in [5, 5.41) is 3.15. The Morgan fingerprint density at radius 2 is 1.95 bits per heavy atom. The van der Waals surface area contributed by atoms with Crippen molar-refractivity contribution in [1.82, 2.24) is 5.32 Å². The Labute approximate surface area is 120 Å². The molecule has 0 unspecified atom stereocenters. The van der Waals surface area contributed by atoms with E-state index in [1.54, 1.807) is 12.1 Å². The summed E-state index contributed by atoms with van der Waals surface area (Å²) < 4.78 is 19.9. The van der Waals surface area contributed by atoms with Gasteiger partial charge in [-0.1, -0.05) is 40.2 Å². The molecular formula is C15H15BrFNO. The lowest BCUT2D eigenvalue weighted by atomic mass is 10.2. The van der Waals surface area contributed by atoms with Crippen molar-refractivity contribution >= 4 is 15.9 Å². The highest BCUT2D eigenvalue weighted by molar-refractivity contribution is 9.10. The van der Waals surface area contributed by atoms with Gasteiger partial charge in [-0.3, -0.25) is 0 Å². The van der Waals surface area contributed by atoms with E-state index in [4.69, 9.17) is 4.74 Å². The highest BCUT2D eigenvalue weighted by Crippen LogP contribution is 2.17. The Hall–Kier alpha value is -1.39. The first-order valence-electron chi connectivity index (χ1n) is 6.08. The van der Waals surface area contributed by atoms with E-state index in [2.05, 4.69) is 21.2 Å². The van der Waals surface area contributed by atoms with Gasteiger partial charge >= 0.3 is 0 Å². The minimum atomic E-state index is -0.178. The molecule has 2 aromatic rings. The molecule has 0 aliphatic heterocycles. The highest BCUT2D eigenvalue weighted by atomic mass is 79.9. The number of ether oxygens (including phenoxy) is 1. The average Bonchev–Trinajstić information content (AvgIpc) is 2.40. The third-order valence-corrected chi connectivity index (χ3v) is 3.11. The second kappa shape index (κ2) is 7.26. The summed E-state index contributed by atoms with van der Waals surface area (Å²) in [5.74, 6) is 0.643. The molecule has 100 valence electrons. The zero-order valence-electron chi connectivity index (χ0n) is 10.4. The molecule has 0 aliphatic rings. The average molecular weight is 324 g/mol. The largest absolute Gasteiger partial charge is 0.492 e. The predicted molar refractivity (Wildman–Crippen MR) is 77.7 cm³/mol. The van der Waals surface area contributed by atoms with Crippen LogP contribution in [0.2, 0.25) is 0 Å². The molecule has 19 heavy (non-hydrogen) atoms. The Morgan fingerprint density at radius 3 is 2.74 bits per heavy atom. The van der Waals surface area contributed by atoms with Crippen LogP contribution in [0.15, 0.2) is 53.0 Å². The molecule has 0 aliphatic carbocycles. The van der Waals surface area contributed by atoms with Gasteiger partial charge in [0, 0.05) is 23.1 Å². The van der Waals surface area contributed by atoms with E-state index in [1.165, 1.54) is 6.07 Å². The summed E-state index contributed by atoms with van der Waals surface area (Å²) in [6.45, 7) is 1.72. The second-order valence-electron chi connectivity index (χ2n) is 4.07. The lowest BCUT2D eigenvalue weighted by Crippen LogP contribution is -2.21. The van der Waals surface area contributed by atoms with Crippen molar-refractivity contribution < 1.29 is 9.13 Å². The molecule has 1 N–H and O–H groups in total. The van der Waals surface area contributed by atoms with Gasteiger partial charge in [0.25, 0.3) is 0 Å². The molecule has 0 atom stereocenters. The van der Waals surface area contributed by atoms with Crippen molar-refractivity contribution in [3.63, 3.8) is 0 Å². The van der Waals surface area contributed by atoms with Crippen LogP contribution in [0.1, 0.15) is 5.56 Å². The van der Waals surface area contributed by atoms with Crippen LogP contribution in [-0.2, 0) is 6.54 Å². The first kappa shape index (κ1) is 14.0. The van der Waals surface area contributed by atoms with Crippen LogP contribution in [0.4, 0.5) is 4.39 Å². The molecule has 2 aromatic carbocycles. The molecule has 0 amide bonds. The van der Waals surface area contributed by atoms with E-state index in [1.807, 2.05) is 30.3 Å². The summed E-state index contributed by atoms with van der Waals surface area (Å²) in [5.41, 5.74) is 0.671. The minimum Gasteiger partial charge on any atom is -0.492 e. The third-order valence-electron chi connectivity index (χ3n) is 2.62. The van der Waals surface area contributed by atoms with Crippen molar-refractivity contribution in [2.24, 2.45) is 0 Å². The van der Waals surface area contributed by atoms with Gasteiger partial charge < -0.3 is 10.1 Å². The van der Waals surface area contributed by atoms with Gasteiger partial charge in [-0.25, -0.2) is 4.39 Å². The number of nitrogens with one attached hydrogen (secondary N) is 1. The van der Waals surface area contributed by atoms with Crippen molar-refractivity contribution in [2.45, 2.75) is 6.54 Å². The van der Waals surface area contributed by atoms with Crippen molar-refractivity contribution in [3.8, 4) is 5.75 Å². The van der Waals surface area contributed by atoms with E-state index >= 15 is 0 Å². The number of hydrogen-bond acceptors (Lipinski definition) is 2. The minimum absolute atomic E-state index is 0.178. The Morgan fingerprint density at radius 1 is 1.11 bits per heavy atom. The predicted octanol–water partition coefficient (Wildman–Crippen LogP) is 3.76. The highest BCUT2D eigenvalue weighted by Gasteiger charge is 1.99. The van der Waals surface area contributed by atoms with Crippen molar-refractivity contribution in [2.75, 3.05) is 13.2 Å². The molecule has 4 heteroatoms. The summed E-state index contributed by atoms with van der Waals surface area (Å²) in [6.07, 6.45) is 0. The van der Waals surface area contributed by atoms with E-state index in [0.717, 1.165) is 10.2 Å². The van der Waals surface area contributed by atoms with Crippen LogP contribution < -0.4 is 10.1 Å². The van der Waals surface area contributed by atoms with Gasteiger partial charge in [0.05, 0.1) is 0 Å². The fraction of sp³-hybridized carbons (Fsp3) is 0.200. The van der Waals surface area contributed by atoms with Crippen LogP contribution >= 0.6 is 15.9 Å². The summed E-state index contributed by atoms with van der Waals surface area (Å²) in [4.78, 5) is 0. The fourth-order valence-corrected chi connectivity index (χ4v) is 2.04. The van der Waals surface area contributed by atoms with Crippen molar-refractivity contribution in [3.05, 3.63) is 64.4 Å². The molecule has 0 aromatic heterocycles. The molecule has 0 fully saturated rings. The van der Waals surface area contributed by atoms with Crippen LogP contribution in [-0.4, -0.2) is 13.2 Å². The summed E-state index contributed by atoms with van der Waals surface area (Å²) in [7, 11) is 0. The van der Waals surface area contributed by atoms with E-state index in [9.17, 15) is 4.39 Å². The molecule has 0 radical (unpaired) electrons. The summed E-state index contributed by atoms with van der Waals surface area (Å²) >= 11 is 3.39. The molecular weight excluding hydrogens is 309 g/mol. The van der Waals surface area contributed by atoms with E-state index in [-0.39, 0.29) is 5.82 Å². The number of hydrogen-bond donors (Lipinski definition) is 1. The van der Waals surface area contributed by atoms with Gasteiger partial charge in [-0.15, -0.1) is 0 Å². The smallest absolute Gasteiger partial charge is 0.127 e. The third kappa shape index (κ3) is 4.65. The lowest BCUT2D eigenvalue weighted by molar-refractivity contribution is 0.313. The maximum atomic E-state index is 13.3. The maximum absolute atomic E-state index is 13.3. The molecule has 2 nitrogen and oxygen atoms in total. The van der Waals surface area contributed by atoms with Gasteiger partial charge in [0.2, 0.25) is 0 Å². The monoisotopic (exact) mass is 323 g/mol. The normalized spacial score (nSPS) is 10.4. The Balaban J connectivity index is 1.69. The van der Waals surface area contributed by atoms with Crippen LogP contribution in [0.25, 0.3) is 0 Å².